The van der Waals surface area contributed by atoms with Crippen molar-refractivity contribution in [1.82, 2.24) is 0 Å². The standard InChI is InChI=1S/2C23H27.C2H6Si.2ClH.Zr/c2*1-4-5-9-18-15-20-11-8-13-22(23(20)16-18)21-12-7-6-10-19(21)14-17(2)3;1-3-2;;;/h2*6-8,10-13,15-17H,4-5,9,14H2,1-3H3;1-2H3;2*1H;/q2*-1;;;;+4/p-2. The van der Waals surface area contributed by atoms with E-state index >= 15 is 0 Å². The van der Waals surface area contributed by atoms with Gasteiger partial charge in [0.25, 0.3) is 0 Å². The van der Waals surface area contributed by atoms with E-state index in [4.69, 9.17) is 17.0 Å². The molecule has 0 aliphatic carbocycles. The van der Waals surface area contributed by atoms with Crippen molar-refractivity contribution >= 4 is 48.1 Å². The molecule has 0 heterocycles. The summed E-state index contributed by atoms with van der Waals surface area (Å²) in [5, 5.41) is 5.59. The Morgan fingerprint density at radius 2 is 0.904 bits per heavy atom. The fourth-order valence-corrected chi connectivity index (χ4v) is 6.92. The van der Waals surface area contributed by atoms with Gasteiger partial charge in [-0.1, -0.05) is 152 Å². The van der Waals surface area contributed by atoms with Gasteiger partial charge in [-0.3, -0.25) is 0 Å². The van der Waals surface area contributed by atoms with E-state index in [9.17, 15) is 0 Å². The van der Waals surface area contributed by atoms with Crippen LogP contribution in [0.1, 0.15) is 89.5 Å². The molecular formula is C48H60Cl2SiZr. The SMILES string of the molecule is CCCCc1cc2c(-c3ccccc3CC(C)C)cccc2[cH-]1.CCCCc1cc2c(-c3ccccc3CC(C)C)cccc2[cH-]1.C[Si]C.[Cl][Zr+2][Cl]. The van der Waals surface area contributed by atoms with E-state index in [0.29, 0.717) is 11.8 Å². The number of hydrogen-bond acceptors (Lipinski definition) is 0. The molecule has 0 unspecified atom stereocenters. The second-order valence-electron chi connectivity index (χ2n) is 14.6. The van der Waals surface area contributed by atoms with Crippen LogP contribution in [0.4, 0.5) is 0 Å². The first-order valence-corrected chi connectivity index (χ1v) is 27.6. The molecule has 0 aliphatic heterocycles. The Hall–Kier alpha value is -2.22. The van der Waals surface area contributed by atoms with Crippen molar-refractivity contribution in [3.05, 3.63) is 131 Å². The van der Waals surface area contributed by atoms with Crippen LogP contribution in [-0.2, 0) is 46.5 Å². The molecule has 0 fully saturated rings. The van der Waals surface area contributed by atoms with Crippen molar-refractivity contribution in [2.45, 2.75) is 106 Å². The van der Waals surface area contributed by atoms with E-state index in [1.165, 1.54) is 105 Å². The van der Waals surface area contributed by atoms with Crippen molar-refractivity contribution in [1.29, 1.82) is 0 Å². The molecule has 0 bridgehead atoms. The third kappa shape index (κ3) is 13.6. The van der Waals surface area contributed by atoms with Crippen LogP contribution in [-0.4, -0.2) is 9.52 Å². The first kappa shape index (κ1) is 44.2. The average Bonchev–Trinajstić information content (AvgIpc) is 3.75. The third-order valence-electron chi connectivity index (χ3n) is 9.13. The Labute approximate surface area is 338 Å². The Bertz CT molecular complexity index is 1740. The fraction of sp³-hybridized carbons (Fsp3) is 0.375. The maximum atomic E-state index is 4.93. The molecule has 0 amide bonds. The summed E-state index contributed by atoms with van der Waals surface area (Å²) in [6, 6.07) is 40.8. The van der Waals surface area contributed by atoms with E-state index in [1.54, 1.807) is 0 Å². The molecule has 0 aromatic heterocycles. The molecule has 6 aromatic rings. The minimum absolute atomic E-state index is 0.676. The zero-order valence-electron chi connectivity index (χ0n) is 33.0. The van der Waals surface area contributed by atoms with Crippen molar-refractivity contribution < 1.29 is 20.8 Å². The van der Waals surface area contributed by atoms with E-state index in [1.807, 2.05) is 0 Å². The third-order valence-corrected chi connectivity index (χ3v) is 9.13. The quantitative estimate of drug-likeness (QED) is 0.0852. The number of benzene rings is 4. The Balaban J connectivity index is 0.000000244. The van der Waals surface area contributed by atoms with E-state index in [0.717, 1.165) is 22.4 Å². The average molecular weight is 827 g/mol. The van der Waals surface area contributed by atoms with Gasteiger partial charge < -0.3 is 0 Å². The van der Waals surface area contributed by atoms with Crippen molar-refractivity contribution in [2.24, 2.45) is 11.8 Å². The minimum atomic E-state index is -0.826. The summed E-state index contributed by atoms with van der Waals surface area (Å²) in [6.07, 6.45) is 9.71. The van der Waals surface area contributed by atoms with Crippen molar-refractivity contribution in [3.63, 3.8) is 0 Å². The molecule has 52 heavy (non-hydrogen) atoms. The summed E-state index contributed by atoms with van der Waals surface area (Å²) in [5.41, 5.74) is 11.5. The van der Waals surface area contributed by atoms with Gasteiger partial charge in [0.15, 0.2) is 0 Å². The summed E-state index contributed by atoms with van der Waals surface area (Å²) in [6.45, 7) is 18.0. The molecule has 0 aliphatic rings. The predicted octanol–water partition coefficient (Wildman–Crippen LogP) is 15.7. The number of rotatable bonds is 12. The summed E-state index contributed by atoms with van der Waals surface area (Å²) in [4.78, 5) is 0. The van der Waals surface area contributed by atoms with Crippen LogP contribution in [0.5, 0.6) is 0 Å². The predicted molar refractivity (Wildman–Crippen MR) is 233 cm³/mol. The van der Waals surface area contributed by atoms with Gasteiger partial charge in [-0.2, -0.15) is 12.1 Å². The van der Waals surface area contributed by atoms with Crippen LogP contribution in [0.25, 0.3) is 43.8 Å². The van der Waals surface area contributed by atoms with Gasteiger partial charge in [0.2, 0.25) is 0 Å². The zero-order chi connectivity index (χ0) is 37.9. The van der Waals surface area contributed by atoms with Crippen LogP contribution < -0.4 is 0 Å². The molecule has 0 N–H and O–H groups in total. The molecular weight excluding hydrogens is 767 g/mol. The zero-order valence-corrected chi connectivity index (χ0v) is 37.9. The second-order valence-corrected chi connectivity index (χ2v) is 19.4. The van der Waals surface area contributed by atoms with Gasteiger partial charge in [0.05, 0.1) is 0 Å². The molecule has 0 spiro atoms. The number of fused-ring (bicyclic) bond motifs is 2. The molecule has 0 nitrogen and oxygen atoms in total. The topological polar surface area (TPSA) is 0 Å². The molecule has 6 rings (SSSR count). The van der Waals surface area contributed by atoms with Crippen LogP contribution in [0.2, 0.25) is 13.1 Å². The van der Waals surface area contributed by atoms with E-state index in [-0.39, 0.29) is 0 Å². The Kier molecular flexibility index (Phi) is 20.6. The molecule has 4 heteroatoms. The first-order chi connectivity index (χ1) is 25.2. The monoisotopic (exact) mass is 824 g/mol. The number of halogens is 2. The summed E-state index contributed by atoms with van der Waals surface area (Å²) in [5.74, 6) is 1.35. The molecule has 0 atom stereocenters. The maximum absolute atomic E-state index is 4.93. The van der Waals surface area contributed by atoms with Gasteiger partial charge >= 0.3 is 37.9 Å². The van der Waals surface area contributed by atoms with Crippen LogP contribution in [0.15, 0.2) is 109 Å². The van der Waals surface area contributed by atoms with E-state index in [2.05, 4.69) is 164 Å². The molecule has 6 aromatic carbocycles. The van der Waals surface area contributed by atoms with Crippen LogP contribution in [0.3, 0.4) is 0 Å². The number of hydrogen-bond donors (Lipinski definition) is 0. The van der Waals surface area contributed by atoms with Gasteiger partial charge in [-0.25, -0.2) is 0 Å². The van der Waals surface area contributed by atoms with Gasteiger partial charge in [0, 0.05) is 9.52 Å². The molecule has 274 valence electrons. The fourth-order valence-electron chi connectivity index (χ4n) is 6.92. The summed E-state index contributed by atoms with van der Waals surface area (Å²) in [7, 11) is 11.0. The Morgan fingerprint density at radius 1 is 0.558 bits per heavy atom. The summed E-state index contributed by atoms with van der Waals surface area (Å²) >= 11 is -0.826. The van der Waals surface area contributed by atoms with Crippen LogP contribution in [0, 0.1) is 11.8 Å². The number of aryl methyl sites for hydroxylation is 2. The first-order valence-electron chi connectivity index (χ1n) is 19.3. The normalized spacial score (nSPS) is 10.7. The summed E-state index contributed by atoms with van der Waals surface area (Å²) < 4.78 is 0. The van der Waals surface area contributed by atoms with Crippen molar-refractivity contribution in [3.8, 4) is 22.3 Å². The van der Waals surface area contributed by atoms with Crippen LogP contribution >= 0.6 is 17.0 Å². The van der Waals surface area contributed by atoms with Gasteiger partial charge in [-0.05, 0) is 59.8 Å². The van der Waals surface area contributed by atoms with E-state index < -0.39 is 20.8 Å². The van der Waals surface area contributed by atoms with Gasteiger partial charge in [0.1, 0.15) is 0 Å². The number of unbranched alkanes of at least 4 members (excludes halogenated alkanes) is 2. The van der Waals surface area contributed by atoms with Gasteiger partial charge in [-0.15, -0.1) is 69.1 Å². The second kappa shape index (κ2) is 24.2. The molecule has 0 saturated carbocycles. The Morgan fingerprint density at radius 3 is 1.25 bits per heavy atom. The van der Waals surface area contributed by atoms with Crippen molar-refractivity contribution in [2.75, 3.05) is 0 Å². The molecule has 2 radical (unpaired) electrons. The molecule has 0 saturated heterocycles.